The van der Waals surface area contributed by atoms with E-state index in [4.69, 9.17) is 4.55 Å². The highest BCUT2D eigenvalue weighted by Crippen LogP contribution is 1.72. The van der Waals surface area contributed by atoms with Gasteiger partial charge in [-0.15, -0.1) is 0 Å². The summed E-state index contributed by atoms with van der Waals surface area (Å²) in [6, 6.07) is 0. The maximum Gasteiger partial charge on any atom is 0.333 e. The summed E-state index contributed by atoms with van der Waals surface area (Å²) in [6.07, 6.45) is 3.26. The van der Waals surface area contributed by atoms with E-state index in [1.165, 1.54) is 0 Å². The summed E-state index contributed by atoms with van der Waals surface area (Å²) in [5, 5.41) is 0. The Morgan fingerprint density at radius 2 is 2.22 bits per heavy atom. The molecule has 54 valence electrons. The summed E-state index contributed by atoms with van der Waals surface area (Å²) in [5.41, 5.74) is 0. The Hall–Kier alpha value is -0.390. The first-order valence-corrected chi connectivity index (χ1v) is 3.83. The Labute approximate surface area is 54.5 Å². The van der Waals surface area contributed by atoms with Crippen LogP contribution in [0, 0.1) is 0 Å². The van der Waals surface area contributed by atoms with Gasteiger partial charge >= 0.3 is 10.3 Å². The molecule has 0 aliphatic carbocycles. The van der Waals surface area contributed by atoms with E-state index in [1.807, 2.05) is 4.72 Å². The molecule has 0 spiro atoms. The van der Waals surface area contributed by atoms with E-state index in [0.717, 1.165) is 0 Å². The molecule has 0 aromatic rings. The second kappa shape index (κ2) is 3.60. The Morgan fingerprint density at radius 3 is 2.56 bits per heavy atom. The van der Waals surface area contributed by atoms with Crippen LogP contribution in [0.15, 0.2) is 12.2 Å². The summed E-state index contributed by atoms with van der Waals surface area (Å²) < 4.78 is 29.8. The van der Waals surface area contributed by atoms with Gasteiger partial charge < -0.3 is 0 Å². The van der Waals surface area contributed by atoms with Crippen LogP contribution >= 0.6 is 0 Å². The van der Waals surface area contributed by atoms with Crippen LogP contribution in [-0.2, 0) is 10.3 Å². The lowest BCUT2D eigenvalue weighted by molar-refractivity contribution is 0.471. The standard InChI is InChI=1S/C4H9NO3S/c1-2-3-4-5-9(6,7)8/h2-3,5H,4H2,1H3,(H,6,7,8)/b3-2+. The molecular formula is C4H9NO3S. The first-order chi connectivity index (χ1) is 4.06. The molecule has 0 saturated heterocycles. The van der Waals surface area contributed by atoms with Crippen molar-refractivity contribution in [3.63, 3.8) is 0 Å². The van der Waals surface area contributed by atoms with Gasteiger partial charge in [0.15, 0.2) is 0 Å². The molecule has 0 rings (SSSR count). The smallest absolute Gasteiger partial charge is 0.273 e. The van der Waals surface area contributed by atoms with E-state index in [9.17, 15) is 8.42 Å². The van der Waals surface area contributed by atoms with Crippen LogP contribution in [0.4, 0.5) is 0 Å². The van der Waals surface area contributed by atoms with Crippen LogP contribution in [0.3, 0.4) is 0 Å². The van der Waals surface area contributed by atoms with E-state index in [1.54, 1.807) is 19.1 Å². The molecule has 0 aliphatic heterocycles. The Bertz CT molecular complexity index is 182. The number of hydrogen-bond donors (Lipinski definition) is 2. The van der Waals surface area contributed by atoms with Crippen molar-refractivity contribution in [2.75, 3.05) is 6.54 Å². The fraction of sp³-hybridized carbons (Fsp3) is 0.500. The maximum atomic E-state index is 9.92. The molecule has 0 aromatic heterocycles. The zero-order valence-electron chi connectivity index (χ0n) is 5.03. The average Bonchev–Trinajstić information content (AvgIpc) is 1.63. The molecule has 2 N–H and O–H groups in total. The third kappa shape index (κ3) is 7.61. The molecule has 0 atom stereocenters. The van der Waals surface area contributed by atoms with Gasteiger partial charge in [0, 0.05) is 6.54 Å². The number of nitrogens with one attached hydrogen (secondary N) is 1. The zero-order valence-corrected chi connectivity index (χ0v) is 5.85. The molecule has 4 nitrogen and oxygen atoms in total. The SMILES string of the molecule is C/C=C/CNS(=O)(=O)O. The molecule has 0 aliphatic rings. The normalized spacial score (nSPS) is 12.7. The fourth-order valence-corrected chi connectivity index (χ4v) is 0.578. The highest BCUT2D eigenvalue weighted by molar-refractivity contribution is 7.83. The van der Waals surface area contributed by atoms with Gasteiger partial charge in [0.1, 0.15) is 0 Å². The summed E-state index contributed by atoms with van der Waals surface area (Å²) in [5.74, 6) is 0. The van der Waals surface area contributed by atoms with Gasteiger partial charge in [0.05, 0.1) is 0 Å². The third-order valence-electron chi connectivity index (χ3n) is 0.619. The number of allylic oxidation sites excluding steroid dienone is 1. The van der Waals surface area contributed by atoms with Crippen molar-refractivity contribution in [3.05, 3.63) is 12.2 Å². The summed E-state index contributed by atoms with van der Waals surface area (Å²) in [4.78, 5) is 0. The van der Waals surface area contributed by atoms with E-state index in [0.29, 0.717) is 0 Å². The van der Waals surface area contributed by atoms with Gasteiger partial charge in [-0.3, -0.25) is 4.55 Å². The molecule has 9 heavy (non-hydrogen) atoms. The quantitative estimate of drug-likeness (QED) is 0.439. The van der Waals surface area contributed by atoms with Crippen molar-refractivity contribution in [2.45, 2.75) is 6.92 Å². The van der Waals surface area contributed by atoms with Crippen LogP contribution in [0.2, 0.25) is 0 Å². The summed E-state index contributed by atoms with van der Waals surface area (Å²) in [6.45, 7) is 1.89. The molecule has 5 heteroatoms. The Morgan fingerprint density at radius 1 is 1.67 bits per heavy atom. The largest absolute Gasteiger partial charge is 0.333 e. The second-order valence-electron chi connectivity index (χ2n) is 1.39. The second-order valence-corrected chi connectivity index (χ2v) is 2.63. The van der Waals surface area contributed by atoms with E-state index >= 15 is 0 Å². The molecule has 0 radical (unpaired) electrons. The average molecular weight is 151 g/mol. The summed E-state index contributed by atoms with van der Waals surface area (Å²) >= 11 is 0. The highest BCUT2D eigenvalue weighted by atomic mass is 32.2. The highest BCUT2D eigenvalue weighted by Gasteiger charge is 1.96. The van der Waals surface area contributed by atoms with Crippen LogP contribution < -0.4 is 4.72 Å². The van der Waals surface area contributed by atoms with Crippen LogP contribution in [0.25, 0.3) is 0 Å². The first-order valence-electron chi connectivity index (χ1n) is 2.39. The monoisotopic (exact) mass is 151 g/mol. The van der Waals surface area contributed by atoms with Gasteiger partial charge in [-0.2, -0.15) is 13.1 Å². The van der Waals surface area contributed by atoms with Crippen LogP contribution in [0.1, 0.15) is 6.92 Å². The van der Waals surface area contributed by atoms with E-state index < -0.39 is 10.3 Å². The van der Waals surface area contributed by atoms with Crippen molar-refractivity contribution in [3.8, 4) is 0 Å². The Kier molecular flexibility index (Phi) is 3.44. The van der Waals surface area contributed by atoms with Gasteiger partial charge in [-0.25, -0.2) is 0 Å². The van der Waals surface area contributed by atoms with Gasteiger partial charge in [-0.05, 0) is 6.92 Å². The Balaban J connectivity index is 3.53. The number of hydrogen-bond acceptors (Lipinski definition) is 2. The zero-order chi connectivity index (χ0) is 7.33. The molecule has 0 unspecified atom stereocenters. The first kappa shape index (κ1) is 8.61. The predicted octanol–water partition coefficient (Wildman–Crippen LogP) is -0.0451. The minimum Gasteiger partial charge on any atom is -0.273 e. The minimum absolute atomic E-state index is 0.134. The lowest BCUT2D eigenvalue weighted by Gasteiger charge is -1.92. The summed E-state index contributed by atoms with van der Waals surface area (Å²) in [7, 11) is -4.00. The molecule has 0 bridgehead atoms. The van der Waals surface area contributed by atoms with Gasteiger partial charge in [-0.1, -0.05) is 12.2 Å². The maximum absolute atomic E-state index is 9.92. The fourth-order valence-electron chi connectivity index (χ4n) is 0.271. The van der Waals surface area contributed by atoms with Crippen molar-refractivity contribution in [2.24, 2.45) is 0 Å². The lowest BCUT2D eigenvalue weighted by atomic mass is 10.5. The van der Waals surface area contributed by atoms with Crippen LogP contribution in [0.5, 0.6) is 0 Å². The van der Waals surface area contributed by atoms with Gasteiger partial charge in [0.25, 0.3) is 0 Å². The van der Waals surface area contributed by atoms with E-state index in [-0.39, 0.29) is 6.54 Å². The minimum atomic E-state index is -4.00. The van der Waals surface area contributed by atoms with Crippen LogP contribution in [-0.4, -0.2) is 19.5 Å². The van der Waals surface area contributed by atoms with Crippen molar-refractivity contribution in [1.29, 1.82) is 0 Å². The molecular weight excluding hydrogens is 142 g/mol. The van der Waals surface area contributed by atoms with Gasteiger partial charge in [0.2, 0.25) is 0 Å². The molecule has 0 amide bonds. The molecule has 0 fully saturated rings. The van der Waals surface area contributed by atoms with Crippen molar-refractivity contribution >= 4 is 10.3 Å². The van der Waals surface area contributed by atoms with Crippen molar-refractivity contribution < 1.29 is 13.0 Å². The molecule has 0 heterocycles. The third-order valence-corrected chi connectivity index (χ3v) is 1.15. The lowest BCUT2D eigenvalue weighted by Crippen LogP contribution is -2.22. The molecule has 0 aromatic carbocycles. The van der Waals surface area contributed by atoms with E-state index in [2.05, 4.69) is 0 Å². The van der Waals surface area contributed by atoms with Crippen molar-refractivity contribution in [1.82, 2.24) is 4.72 Å². The number of rotatable bonds is 3. The topological polar surface area (TPSA) is 66.4 Å². The predicted molar refractivity (Wildman–Crippen MR) is 34.4 cm³/mol. The molecule has 0 saturated carbocycles.